The van der Waals surface area contributed by atoms with Crippen LogP contribution in [0.4, 0.5) is 10.1 Å². The van der Waals surface area contributed by atoms with E-state index in [1.165, 1.54) is 12.1 Å². The summed E-state index contributed by atoms with van der Waals surface area (Å²) >= 11 is 0. The molecule has 1 aliphatic rings. The minimum absolute atomic E-state index is 0.00396. The summed E-state index contributed by atoms with van der Waals surface area (Å²) in [6.45, 7) is 0. The van der Waals surface area contributed by atoms with E-state index in [9.17, 15) is 19.1 Å². The van der Waals surface area contributed by atoms with Crippen molar-refractivity contribution in [3.63, 3.8) is 0 Å². The van der Waals surface area contributed by atoms with Gasteiger partial charge in [0, 0.05) is 24.1 Å². The summed E-state index contributed by atoms with van der Waals surface area (Å²) in [6, 6.07) is 7.11. The van der Waals surface area contributed by atoms with Crippen LogP contribution >= 0.6 is 0 Å². The highest BCUT2D eigenvalue weighted by molar-refractivity contribution is 6.03. The third-order valence-electron chi connectivity index (χ3n) is 5.25. The van der Waals surface area contributed by atoms with Crippen LogP contribution in [0.15, 0.2) is 42.7 Å². The summed E-state index contributed by atoms with van der Waals surface area (Å²) in [5, 5.41) is 15.8. The van der Waals surface area contributed by atoms with E-state index in [1.54, 1.807) is 24.5 Å². The van der Waals surface area contributed by atoms with Crippen molar-refractivity contribution in [2.45, 2.75) is 44.2 Å². The molecule has 1 saturated carbocycles. The van der Waals surface area contributed by atoms with Crippen LogP contribution in [0.3, 0.4) is 0 Å². The number of hydrogen-bond donors (Lipinski definition) is 4. The minimum atomic E-state index is -0.659. The number of halogens is 1. The van der Waals surface area contributed by atoms with Crippen LogP contribution in [-0.2, 0) is 9.59 Å². The third-order valence-corrected chi connectivity index (χ3v) is 5.25. The monoisotopic (exact) mass is 426 g/mol. The lowest BCUT2D eigenvalue weighted by Gasteiger charge is -2.28. The van der Waals surface area contributed by atoms with E-state index in [1.807, 2.05) is 0 Å². The molecule has 2 heterocycles. The number of carbonyl (C=O) groups is 2. The van der Waals surface area contributed by atoms with Gasteiger partial charge in [-0.2, -0.15) is 0 Å². The van der Waals surface area contributed by atoms with E-state index in [0.29, 0.717) is 29.6 Å². The summed E-state index contributed by atoms with van der Waals surface area (Å²) < 4.78 is 20.2. The molecule has 0 unspecified atom stereocenters. The quantitative estimate of drug-likeness (QED) is 0.452. The van der Waals surface area contributed by atoms with Crippen molar-refractivity contribution < 1.29 is 23.8 Å². The van der Waals surface area contributed by atoms with Crippen LogP contribution in [0.2, 0.25) is 0 Å². The number of aliphatic hydroxyl groups excluding tert-OH is 1. The lowest BCUT2D eigenvalue weighted by molar-refractivity contribution is -0.128. The molecule has 2 amide bonds. The lowest BCUT2D eigenvalue weighted by atomic mass is 9.92. The van der Waals surface area contributed by atoms with Crippen molar-refractivity contribution in [1.29, 1.82) is 0 Å². The Labute approximate surface area is 177 Å². The highest BCUT2D eigenvalue weighted by Crippen LogP contribution is 2.31. The average Bonchev–Trinajstić information content (AvgIpc) is 3.21. The van der Waals surface area contributed by atoms with Gasteiger partial charge in [0.25, 0.3) is 0 Å². The van der Waals surface area contributed by atoms with E-state index < -0.39 is 30.2 Å². The van der Waals surface area contributed by atoms with Gasteiger partial charge in [0.1, 0.15) is 17.8 Å². The van der Waals surface area contributed by atoms with Crippen LogP contribution in [0.25, 0.3) is 11.0 Å². The van der Waals surface area contributed by atoms with Gasteiger partial charge < -0.3 is 25.5 Å². The maximum Gasteiger partial charge on any atom is 0.233 e. The fourth-order valence-electron chi connectivity index (χ4n) is 3.69. The molecule has 4 N–H and O–H groups in total. The van der Waals surface area contributed by atoms with Gasteiger partial charge >= 0.3 is 0 Å². The Bertz CT molecular complexity index is 1100. The van der Waals surface area contributed by atoms with Crippen molar-refractivity contribution in [3.8, 4) is 11.5 Å². The number of aliphatic hydroxyl groups is 1. The zero-order chi connectivity index (χ0) is 21.8. The normalized spacial score (nSPS) is 18.5. The SMILES string of the molecule is O=C(CC(=O)N[C@@H]1CCCC[C@H]1O)Nc1ccc(Oc2ccnc3[nH]ccc23)c(F)c1. The average molecular weight is 426 g/mol. The predicted molar refractivity (Wildman–Crippen MR) is 112 cm³/mol. The summed E-state index contributed by atoms with van der Waals surface area (Å²) in [6.07, 6.45) is 5.45. The number of fused-ring (bicyclic) bond motifs is 1. The standard InChI is InChI=1S/C22H23FN4O4/c23-15-11-13(26-20(29)12-21(30)27-16-3-1-2-4-17(16)28)5-6-19(15)31-18-8-10-25-22-14(18)7-9-24-22/h5-11,16-17,28H,1-4,12H2,(H,24,25)(H,26,29)(H,27,30)/t16-,17-/m1/s1. The Morgan fingerprint density at radius 1 is 1.16 bits per heavy atom. The lowest BCUT2D eigenvalue weighted by Crippen LogP contribution is -2.45. The number of ether oxygens (including phenoxy) is 1. The van der Waals surface area contributed by atoms with Crippen LogP contribution < -0.4 is 15.4 Å². The number of nitrogens with one attached hydrogen (secondary N) is 3. The summed E-state index contributed by atoms with van der Waals surface area (Å²) in [4.78, 5) is 31.3. The Kier molecular flexibility index (Phi) is 6.13. The summed E-state index contributed by atoms with van der Waals surface area (Å²) in [7, 11) is 0. The van der Waals surface area contributed by atoms with Crippen molar-refractivity contribution in [1.82, 2.24) is 15.3 Å². The number of anilines is 1. The number of amides is 2. The molecule has 9 heteroatoms. The molecular formula is C22H23FN4O4. The molecule has 0 radical (unpaired) electrons. The minimum Gasteiger partial charge on any atom is -0.453 e. The molecule has 8 nitrogen and oxygen atoms in total. The number of benzene rings is 1. The molecule has 1 aliphatic carbocycles. The Morgan fingerprint density at radius 2 is 2.00 bits per heavy atom. The smallest absolute Gasteiger partial charge is 0.233 e. The first-order valence-corrected chi connectivity index (χ1v) is 10.2. The van der Waals surface area contributed by atoms with Gasteiger partial charge in [-0.05, 0) is 37.1 Å². The molecule has 0 spiro atoms. The predicted octanol–water partition coefficient (Wildman–Crippen LogP) is 3.24. The molecule has 2 atom stereocenters. The van der Waals surface area contributed by atoms with Gasteiger partial charge in [0.15, 0.2) is 11.6 Å². The van der Waals surface area contributed by atoms with Gasteiger partial charge in [0.2, 0.25) is 11.8 Å². The molecule has 0 aliphatic heterocycles. The summed E-state index contributed by atoms with van der Waals surface area (Å²) in [5.74, 6) is -1.26. The molecule has 0 saturated heterocycles. The van der Waals surface area contributed by atoms with Gasteiger partial charge in [-0.15, -0.1) is 0 Å². The van der Waals surface area contributed by atoms with Gasteiger partial charge in [-0.1, -0.05) is 12.8 Å². The second-order valence-electron chi connectivity index (χ2n) is 7.55. The number of H-pyrrole nitrogens is 1. The van der Waals surface area contributed by atoms with E-state index in [0.717, 1.165) is 18.9 Å². The molecular weight excluding hydrogens is 403 g/mol. The number of pyridine rings is 1. The molecule has 3 aromatic rings. The second-order valence-corrected chi connectivity index (χ2v) is 7.55. The second kappa shape index (κ2) is 9.13. The van der Waals surface area contributed by atoms with Crippen LogP contribution in [0.5, 0.6) is 11.5 Å². The number of aromatic amines is 1. The first-order valence-electron chi connectivity index (χ1n) is 10.2. The number of rotatable bonds is 6. The van der Waals surface area contributed by atoms with Crippen LogP contribution in [0.1, 0.15) is 32.1 Å². The first kappa shape index (κ1) is 20.8. The Morgan fingerprint density at radius 3 is 2.81 bits per heavy atom. The van der Waals surface area contributed by atoms with Gasteiger partial charge in [-0.25, -0.2) is 9.37 Å². The molecule has 162 valence electrons. The molecule has 1 fully saturated rings. The van der Waals surface area contributed by atoms with Crippen molar-refractivity contribution >= 4 is 28.5 Å². The highest BCUT2D eigenvalue weighted by Gasteiger charge is 2.25. The number of aromatic nitrogens is 2. The topological polar surface area (TPSA) is 116 Å². The molecule has 2 aromatic heterocycles. The van der Waals surface area contributed by atoms with Crippen LogP contribution in [0, 0.1) is 5.82 Å². The maximum atomic E-state index is 14.5. The van der Waals surface area contributed by atoms with Gasteiger partial charge in [-0.3, -0.25) is 9.59 Å². The molecule has 1 aromatic carbocycles. The fraction of sp³-hybridized carbons (Fsp3) is 0.318. The van der Waals surface area contributed by atoms with E-state index >= 15 is 0 Å². The fourth-order valence-corrected chi connectivity index (χ4v) is 3.69. The van der Waals surface area contributed by atoms with E-state index in [-0.39, 0.29) is 17.5 Å². The largest absolute Gasteiger partial charge is 0.453 e. The van der Waals surface area contributed by atoms with Gasteiger partial charge in [0.05, 0.1) is 17.5 Å². The third kappa shape index (κ3) is 5.00. The number of carbonyl (C=O) groups excluding carboxylic acids is 2. The summed E-state index contributed by atoms with van der Waals surface area (Å²) in [5.41, 5.74) is 0.836. The van der Waals surface area contributed by atoms with E-state index in [2.05, 4.69) is 20.6 Å². The van der Waals surface area contributed by atoms with Crippen LogP contribution in [-0.4, -0.2) is 39.0 Å². The van der Waals surface area contributed by atoms with Crippen molar-refractivity contribution in [2.24, 2.45) is 0 Å². The van der Waals surface area contributed by atoms with E-state index in [4.69, 9.17) is 4.74 Å². The zero-order valence-corrected chi connectivity index (χ0v) is 16.7. The number of nitrogens with zero attached hydrogens (tertiary/aromatic N) is 1. The maximum absolute atomic E-state index is 14.5. The number of hydrogen-bond acceptors (Lipinski definition) is 5. The molecule has 31 heavy (non-hydrogen) atoms. The van der Waals surface area contributed by atoms with Crippen molar-refractivity contribution in [2.75, 3.05) is 5.32 Å². The molecule has 0 bridgehead atoms. The Hall–Kier alpha value is -3.46. The Balaban J connectivity index is 1.35. The first-order chi connectivity index (χ1) is 15.0. The van der Waals surface area contributed by atoms with Crippen molar-refractivity contribution in [3.05, 3.63) is 48.5 Å². The zero-order valence-electron chi connectivity index (χ0n) is 16.7. The molecule has 4 rings (SSSR count). The highest BCUT2D eigenvalue weighted by atomic mass is 19.1.